The summed E-state index contributed by atoms with van der Waals surface area (Å²) in [4.78, 5) is 32.7. The monoisotopic (exact) mass is 717 g/mol. The highest BCUT2D eigenvalue weighted by atomic mass is 16.5. The van der Waals surface area contributed by atoms with E-state index >= 15 is 0 Å². The molecule has 7 heterocycles. The van der Waals surface area contributed by atoms with Gasteiger partial charge in [-0.3, -0.25) is 4.79 Å². The minimum Gasteiger partial charge on any atom is -0.507 e. The highest BCUT2D eigenvalue weighted by molar-refractivity contribution is 5.86. The first-order chi connectivity index (χ1) is 25.7. The lowest BCUT2D eigenvalue weighted by molar-refractivity contribution is -0.119. The van der Waals surface area contributed by atoms with E-state index in [1.165, 1.54) is 23.2 Å². The summed E-state index contributed by atoms with van der Waals surface area (Å²) >= 11 is 0. The molecule has 2 N–H and O–H groups in total. The van der Waals surface area contributed by atoms with Crippen LogP contribution < -0.4 is 9.80 Å². The molecule has 1 unspecified atom stereocenters. The zero-order valence-corrected chi connectivity index (χ0v) is 31.3. The van der Waals surface area contributed by atoms with Crippen molar-refractivity contribution in [2.24, 2.45) is 11.8 Å². The van der Waals surface area contributed by atoms with Crippen LogP contribution in [0, 0.1) is 11.8 Å². The van der Waals surface area contributed by atoms with E-state index in [1.807, 2.05) is 30.3 Å². The van der Waals surface area contributed by atoms with Crippen molar-refractivity contribution >= 4 is 28.6 Å². The second-order valence-corrected chi connectivity index (χ2v) is 15.7. The van der Waals surface area contributed by atoms with E-state index in [4.69, 9.17) is 14.5 Å². The van der Waals surface area contributed by atoms with E-state index in [2.05, 4.69) is 68.2 Å². The van der Waals surface area contributed by atoms with Crippen molar-refractivity contribution in [1.29, 1.82) is 0 Å². The molecule has 2 saturated heterocycles. The molecule has 0 radical (unpaired) electrons. The normalized spacial score (nSPS) is 19.6. The number of phenolic OH excluding ortho intramolecular Hbond substituents is 1. The van der Waals surface area contributed by atoms with Gasteiger partial charge in [-0.25, -0.2) is 9.97 Å². The summed E-state index contributed by atoms with van der Waals surface area (Å²) in [7, 11) is 0. The number of ketones is 1. The number of likely N-dealkylation sites (tertiary alicyclic amines) is 1. The minimum atomic E-state index is -0.228. The van der Waals surface area contributed by atoms with Gasteiger partial charge in [0.15, 0.2) is 11.5 Å². The van der Waals surface area contributed by atoms with Gasteiger partial charge in [0.2, 0.25) is 5.95 Å². The number of H-pyrrole nitrogens is 1. The van der Waals surface area contributed by atoms with Crippen LogP contribution in [0.25, 0.3) is 22.3 Å². The fourth-order valence-electron chi connectivity index (χ4n) is 8.98. The number of phenols is 1. The Bertz CT molecular complexity index is 2040. The average Bonchev–Trinajstić information content (AvgIpc) is 3.80. The number of aromatic nitrogens is 6. The maximum Gasteiger partial charge on any atom is 0.225 e. The molecule has 12 nitrogen and oxygen atoms in total. The Labute approximate surface area is 311 Å². The predicted molar refractivity (Wildman–Crippen MR) is 205 cm³/mol. The SMILES string of the molecule is CC(=O)C(c1cc(N2CCC(CCN3CCC(c4cnc(N5CCc6[nH]c7nnc(-c8ccccc8O)cc7c6[C@H]5C)nc4)CC3)CC2)no1)C(C)C. The van der Waals surface area contributed by atoms with Crippen molar-refractivity contribution in [2.45, 2.75) is 84.1 Å². The van der Waals surface area contributed by atoms with Crippen LogP contribution in [0.1, 0.15) is 100 Å². The summed E-state index contributed by atoms with van der Waals surface area (Å²) in [6.07, 6.45) is 10.8. The summed E-state index contributed by atoms with van der Waals surface area (Å²) in [6, 6.07) is 11.3. The molecule has 0 bridgehead atoms. The van der Waals surface area contributed by atoms with Gasteiger partial charge in [0.05, 0.1) is 17.7 Å². The van der Waals surface area contributed by atoms with Crippen LogP contribution in [-0.4, -0.2) is 85.4 Å². The molecule has 4 aromatic heterocycles. The van der Waals surface area contributed by atoms with Crippen molar-refractivity contribution in [1.82, 2.24) is 35.2 Å². The molecule has 2 atom stereocenters. The lowest BCUT2D eigenvalue weighted by Gasteiger charge is -2.35. The first-order valence-corrected chi connectivity index (χ1v) is 19.4. The molecule has 53 heavy (non-hydrogen) atoms. The number of hydrogen-bond donors (Lipinski definition) is 2. The highest BCUT2D eigenvalue weighted by Gasteiger charge is 2.32. The van der Waals surface area contributed by atoms with Crippen LogP contribution >= 0.6 is 0 Å². The smallest absolute Gasteiger partial charge is 0.225 e. The third kappa shape index (κ3) is 7.13. The van der Waals surface area contributed by atoms with E-state index < -0.39 is 0 Å². The Morgan fingerprint density at radius 2 is 1.75 bits per heavy atom. The van der Waals surface area contributed by atoms with Gasteiger partial charge in [-0.05, 0) is 107 Å². The lowest BCUT2D eigenvalue weighted by Crippen LogP contribution is -2.37. The topological polar surface area (TPSA) is 140 Å². The molecular formula is C41H51N9O3. The first kappa shape index (κ1) is 35.2. The number of anilines is 2. The number of Topliss-reactive ketones (excluding diaryl/α,β-unsaturated/α-hetero) is 1. The number of rotatable bonds is 10. The third-order valence-electron chi connectivity index (χ3n) is 12.0. The first-order valence-electron chi connectivity index (χ1n) is 19.4. The standard InChI is InChI=1S/C41H51N9O3/c1-25(2)38(27(4)51)36-22-37(47-53-36)49-18-10-28(11-19-49)9-15-48-16-12-29(13-17-48)30-23-42-41(43-24-30)50-20-14-33-39(26(50)3)32-21-34(45-46-40(32)44-33)31-7-5-6-8-35(31)52/h5-8,21-26,28-29,38,52H,9-20H2,1-4H3,(H,44,46)/t26-,38?/m1/s1. The zero-order chi connectivity index (χ0) is 36.6. The number of aromatic amines is 1. The Kier molecular flexibility index (Phi) is 9.89. The lowest BCUT2D eigenvalue weighted by atomic mass is 9.89. The van der Waals surface area contributed by atoms with Gasteiger partial charge in [-0.1, -0.05) is 31.1 Å². The largest absolute Gasteiger partial charge is 0.507 e. The molecular weight excluding hydrogens is 667 g/mol. The summed E-state index contributed by atoms with van der Waals surface area (Å²) in [5, 5.41) is 24.7. The number of para-hydroxylation sites is 1. The molecule has 0 saturated carbocycles. The van der Waals surface area contributed by atoms with Crippen molar-refractivity contribution < 1.29 is 14.4 Å². The maximum absolute atomic E-state index is 12.2. The van der Waals surface area contributed by atoms with Gasteiger partial charge in [0.1, 0.15) is 17.3 Å². The molecule has 5 aromatic rings. The van der Waals surface area contributed by atoms with Gasteiger partial charge < -0.3 is 29.3 Å². The van der Waals surface area contributed by atoms with Gasteiger partial charge >= 0.3 is 0 Å². The fourth-order valence-corrected chi connectivity index (χ4v) is 8.98. The number of carbonyl (C=O) groups is 1. The van der Waals surface area contributed by atoms with Crippen LogP contribution in [0.3, 0.4) is 0 Å². The van der Waals surface area contributed by atoms with E-state index in [9.17, 15) is 9.90 Å². The maximum atomic E-state index is 12.2. The molecule has 3 aliphatic heterocycles. The number of benzene rings is 1. The molecule has 0 spiro atoms. The number of hydrogen-bond acceptors (Lipinski definition) is 11. The molecule has 0 aliphatic carbocycles. The molecule has 3 aliphatic rings. The quantitative estimate of drug-likeness (QED) is 0.154. The number of nitrogens with zero attached hydrogens (tertiary/aromatic N) is 8. The Morgan fingerprint density at radius 1 is 1.00 bits per heavy atom. The van der Waals surface area contributed by atoms with Crippen LogP contribution in [0.2, 0.25) is 0 Å². The van der Waals surface area contributed by atoms with E-state index in [0.717, 1.165) is 100 Å². The third-order valence-corrected chi connectivity index (χ3v) is 12.0. The number of nitrogens with one attached hydrogen (secondary N) is 1. The second-order valence-electron chi connectivity index (χ2n) is 15.7. The number of fused-ring (bicyclic) bond motifs is 3. The van der Waals surface area contributed by atoms with Crippen LogP contribution in [-0.2, 0) is 11.2 Å². The fraction of sp³-hybridized carbons (Fsp3) is 0.512. The number of aromatic hydroxyl groups is 1. The van der Waals surface area contributed by atoms with Crippen molar-refractivity contribution in [3.8, 4) is 17.0 Å². The van der Waals surface area contributed by atoms with Crippen LogP contribution in [0.5, 0.6) is 5.75 Å². The van der Waals surface area contributed by atoms with Gasteiger partial charge in [0, 0.05) is 66.7 Å². The van der Waals surface area contributed by atoms with E-state index in [1.54, 1.807) is 13.0 Å². The molecule has 12 heteroatoms. The van der Waals surface area contributed by atoms with E-state index in [0.29, 0.717) is 22.9 Å². The highest BCUT2D eigenvalue weighted by Crippen LogP contribution is 2.39. The molecule has 0 amide bonds. The zero-order valence-electron chi connectivity index (χ0n) is 31.3. The molecule has 8 rings (SSSR count). The van der Waals surface area contributed by atoms with Gasteiger partial charge in [-0.2, -0.15) is 0 Å². The second kappa shape index (κ2) is 14.9. The predicted octanol–water partition coefficient (Wildman–Crippen LogP) is 7.05. The van der Waals surface area contributed by atoms with Gasteiger partial charge in [0.25, 0.3) is 0 Å². The summed E-state index contributed by atoms with van der Waals surface area (Å²) in [5.41, 5.74) is 5.69. The minimum absolute atomic E-state index is 0.0561. The molecule has 2 fully saturated rings. The summed E-state index contributed by atoms with van der Waals surface area (Å²) in [6.45, 7) is 14.1. The molecule has 1 aromatic carbocycles. The van der Waals surface area contributed by atoms with Crippen molar-refractivity contribution in [2.75, 3.05) is 49.1 Å². The Balaban J connectivity index is 0.824. The van der Waals surface area contributed by atoms with Crippen LogP contribution in [0.15, 0.2) is 53.3 Å². The summed E-state index contributed by atoms with van der Waals surface area (Å²) < 4.78 is 5.63. The van der Waals surface area contributed by atoms with Crippen molar-refractivity contribution in [3.05, 3.63) is 71.4 Å². The summed E-state index contributed by atoms with van der Waals surface area (Å²) in [5.74, 6) is 3.81. The van der Waals surface area contributed by atoms with Gasteiger partial charge in [-0.15, -0.1) is 10.2 Å². The number of carbonyl (C=O) groups excluding carboxylic acids is 1. The Morgan fingerprint density at radius 3 is 2.47 bits per heavy atom. The van der Waals surface area contributed by atoms with Crippen LogP contribution in [0.4, 0.5) is 11.8 Å². The average molecular weight is 718 g/mol. The van der Waals surface area contributed by atoms with Crippen molar-refractivity contribution in [3.63, 3.8) is 0 Å². The molecule has 278 valence electrons. The van der Waals surface area contributed by atoms with E-state index in [-0.39, 0.29) is 29.4 Å². The number of piperidine rings is 2. The Hall–Kier alpha value is -4.84.